The minimum atomic E-state index is -0.327. The molecule has 0 spiro atoms. The zero-order valence-electron chi connectivity index (χ0n) is 16.1. The van der Waals surface area contributed by atoms with Crippen LogP contribution in [-0.2, 0) is 17.8 Å². The van der Waals surface area contributed by atoms with E-state index < -0.39 is 0 Å². The van der Waals surface area contributed by atoms with Crippen LogP contribution in [0.3, 0.4) is 0 Å². The molecule has 1 saturated heterocycles. The fourth-order valence-electron chi connectivity index (χ4n) is 3.52. The van der Waals surface area contributed by atoms with Crippen LogP contribution >= 0.6 is 0 Å². The van der Waals surface area contributed by atoms with E-state index in [2.05, 4.69) is 20.4 Å². The second kappa shape index (κ2) is 8.91. The van der Waals surface area contributed by atoms with E-state index in [9.17, 15) is 9.18 Å². The third-order valence-electron chi connectivity index (χ3n) is 5.15. The number of aromatic nitrogens is 4. The van der Waals surface area contributed by atoms with Crippen LogP contribution in [0.25, 0.3) is 5.69 Å². The maximum atomic E-state index is 13.5. The van der Waals surface area contributed by atoms with Crippen LogP contribution in [0.5, 0.6) is 0 Å². The number of aryl methyl sites for hydroxylation is 1. The van der Waals surface area contributed by atoms with Crippen molar-refractivity contribution >= 4 is 5.91 Å². The van der Waals surface area contributed by atoms with Gasteiger partial charge in [0, 0.05) is 32.6 Å². The van der Waals surface area contributed by atoms with Gasteiger partial charge in [-0.1, -0.05) is 36.4 Å². The summed E-state index contributed by atoms with van der Waals surface area (Å²) in [5.41, 5.74) is 1.78. The molecule has 0 saturated carbocycles. The Hall–Kier alpha value is -3.13. The second-order valence-electron chi connectivity index (χ2n) is 7.13. The number of carbonyl (C=O) groups is 1. The molecule has 3 aromatic rings. The molecule has 1 fully saturated rings. The van der Waals surface area contributed by atoms with E-state index in [0.29, 0.717) is 37.6 Å². The van der Waals surface area contributed by atoms with E-state index in [-0.39, 0.29) is 11.7 Å². The van der Waals surface area contributed by atoms with Gasteiger partial charge in [-0.15, -0.1) is 5.10 Å². The van der Waals surface area contributed by atoms with Gasteiger partial charge in [-0.2, -0.15) is 4.68 Å². The SMILES string of the molecule is O=C(CCc1ccccc1)N1CCN(Cc2nnnn2-c2cccc(F)c2)CC1. The van der Waals surface area contributed by atoms with Gasteiger partial charge >= 0.3 is 0 Å². The molecule has 0 atom stereocenters. The molecule has 8 heteroatoms. The molecule has 2 aromatic carbocycles. The Bertz CT molecular complexity index is 953. The largest absolute Gasteiger partial charge is 0.340 e. The number of tetrazole rings is 1. The molecule has 29 heavy (non-hydrogen) atoms. The molecular formula is C21H23FN6O. The number of carbonyl (C=O) groups excluding carboxylic acids is 1. The molecule has 0 aliphatic carbocycles. The van der Waals surface area contributed by atoms with Gasteiger partial charge in [0.15, 0.2) is 5.82 Å². The second-order valence-corrected chi connectivity index (χ2v) is 7.13. The van der Waals surface area contributed by atoms with Crippen LogP contribution in [-0.4, -0.2) is 62.1 Å². The fraction of sp³-hybridized carbons (Fsp3) is 0.333. The number of rotatable bonds is 6. The van der Waals surface area contributed by atoms with Crippen molar-refractivity contribution in [2.75, 3.05) is 26.2 Å². The van der Waals surface area contributed by atoms with Crippen LogP contribution in [0.2, 0.25) is 0 Å². The standard InChI is InChI=1S/C21H23FN6O/c22-18-7-4-8-19(15-18)28-20(23-24-25-28)16-26-11-13-27(14-12-26)21(29)10-9-17-5-2-1-3-6-17/h1-8,15H,9-14,16H2. The first-order chi connectivity index (χ1) is 14.2. The maximum absolute atomic E-state index is 13.5. The molecule has 1 aliphatic rings. The zero-order chi connectivity index (χ0) is 20.1. The van der Waals surface area contributed by atoms with E-state index in [0.717, 1.165) is 19.5 Å². The van der Waals surface area contributed by atoms with Crippen molar-refractivity contribution in [2.24, 2.45) is 0 Å². The number of piperazine rings is 1. The third-order valence-corrected chi connectivity index (χ3v) is 5.15. The molecule has 7 nitrogen and oxygen atoms in total. The van der Waals surface area contributed by atoms with Gasteiger partial charge in [-0.3, -0.25) is 9.69 Å². The molecular weight excluding hydrogens is 371 g/mol. The topological polar surface area (TPSA) is 67.2 Å². The maximum Gasteiger partial charge on any atom is 0.222 e. The Kier molecular flexibility index (Phi) is 5.90. The van der Waals surface area contributed by atoms with Gasteiger partial charge in [0.1, 0.15) is 5.82 Å². The van der Waals surface area contributed by atoms with Crippen molar-refractivity contribution < 1.29 is 9.18 Å². The Morgan fingerprint density at radius 1 is 1.00 bits per heavy atom. The van der Waals surface area contributed by atoms with Gasteiger partial charge in [-0.05, 0) is 40.6 Å². The summed E-state index contributed by atoms with van der Waals surface area (Å²) in [7, 11) is 0. The number of hydrogen-bond acceptors (Lipinski definition) is 5. The quantitative estimate of drug-likeness (QED) is 0.640. The summed E-state index contributed by atoms with van der Waals surface area (Å²) in [6.45, 7) is 3.44. The summed E-state index contributed by atoms with van der Waals surface area (Å²) in [6.07, 6.45) is 1.30. The molecule has 0 unspecified atom stereocenters. The number of halogens is 1. The third kappa shape index (κ3) is 4.83. The van der Waals surface area contributed by atoms with Gasteiger partial charge in [0.25, 0.3) is 0 Å². The average molecular weight is 394 g/mol. The van der Waals surface area contributed by atoms with Crippen molar-refractivity contribution in [3.8, 4) is 5.69 Å². The number of nitrogens with zero attached hydrogens (tertiary/aromatic N) is 6. The molecule has 1 amide bonds. The van der Waals surface area contributed by atoms with Crippen LogP contribution in [0.1, 0.15) is 17.8 Å². The van der Waals surface area contributed by atoms with Gasteiger partial charge in [-0.25, -0.2) is 4.39 Å². The van der Waals surface area contributed by atoms with E-state index in [1.807, 2.05) is 35.2 Å². The molecule has 0 bridgehead atoms. The first-order valence-corrected chi connectivity index (χ1v) is 9.76. The number of amides is 1. The summed E-state index contributed by atoms with van der Waals surface area (Å²) >= 11 is 0. The Labute approximate surface area is 168 Å². The lowest BCUT2D eigenvalue weighted by molar-refractivity contribution is -0.133. The van der Waals surface area contributed by atoms with E-state index in [4.69, 9.17) is 0 Å². The minimum absolute atomic E-state index is 0.193. The predicted molar refractivity (Wildman–Crippen MR) is 106 cm³/mol. The molecule has 2 heterocycles. The highest BCUT2D eigenvalue weighted by molar-refractivity contribution is 5.76. The monoisotopic (exact) mass is 394 g/mol. The average Bonchev–Trinajstić information content (AvgIpc) is 3.21. The normalized spacial score (nSPS) is 14.9. The Balaban J connectivity index is 1.29. The first-order valence-electron chi connectivity index (χ1n) is 9.76. The summed E-state index contributed by atoms with van der Waals surface area (Å²) < 4.78 is 15.1. The van der Waals surface area contributed by atoms with E-state index >= 15 is 0 Å². The van der Waals surface area contributed by atoms with E-state index in [1.165, 1.54) is 17.7 Å². The fourth-order valence-corrected chi connectivity index (χ4v) is 3.52. The Morgan fingerprint density at radius 2 is 1.79 bits per heavy atom. The molecule has 0 radical (unpaired) electrons. The van der Waals surface area contributed by atoms with Crippen LogP contribution < -0.4 is 0 Å². The lowest BCUT2D eigenvalue weighted by atomic mass is 10.1. The highest BCUT2D eigenvalue weighted by Gasteiger charge is 2.22. The molecule has 1 aliphatic heterocycles. The van der Waals surface area contributed by atoms with Gasteiger partial charge in [0.05, 0.1) is 12.2 Å². The molecule has 4 rings (SSSR count). The number of hydrogen-bond donors (Lipinski definition) is 0. The van der Waals surface area contributed by atoms with Crippen LogP contribution in [0.15, 0.2) is 54.6 Å². The Morgan fingerprint density at radius 3 is 2.55 bits per heavy atom. The van der Waals surface area contributed by atoms with Crippen molar-refractivity contribution in [1.82, 2.24) is 30.0 Å². The van der Waals surface area contributed by atoms with Crippen molar-refractivity contribution in [3.63, 3.8) is 0 Å². The molecule has 0 N–H and O–H groups in total. The molecule has 150 valence electrons. The zero-order valence-corrected chi connectivity index (χ0v) is 16.1. The summed E-state index contributed by atoms with van der Waals surface area (Å²) in [4.78, 5) is 16.6. The highest BCUT2D eigenvalue weighted by atomic mass is 19.1. The van der Waals surface area contributed by atoms with E-state index in [1.54, 1.807) is 16.8 Å². The summed E-state index contributed by atoms with van der Waals surface area (Å²) in [5, 5.41) is 11.8. The van der Waals surface area contributed by atoms with Crippen LogP contribution in [0.4, 0.5) is 4.39 Å². The lowest BCUT2D eigenvalue weighted by Gasteiger charge is -2.34. The molecule has 1 aromatic heterocycles. The van der Waals surface area contributed by atoms with Crippen molar-refractivity contribution in [3.05, 3.63) is 71.8 Å². The van der Waals surface area contributed by atoms with Gasteiger partial charge in [0.2, 0.25) is 5.91 Å². The summed E-state index contributed by atoms with van der Waals surface area (Å²) in [5.74, 6) is 0.518. The smallest absolute Gasteiger partial charge is 0.222 e. The highest BCUT2D eigenvalue weighted by Crippen LogP contribution is 2.13. The van der Waals surface area contributed by atoms with Crippen LogP contribution in [0, 0.1) is 5.82 Å². The van der Waals surface area contributed by atoms with Crippen molar-refractivity contribution in [1.29, 1.82) is 0 Å². The minimum Gasteiger partial charge on any atom is -0.340 e. The van der Waals surface area contributed by atoms with Gasteiger partial charge < -0.3 is 4.90 Å². The summed E-state index contributed by atoms with van der Waals surface area (Å²) in [6, 6.07) is 16.3. The lowest BCUT2D eigenvalue weighted by Crippen LogP contribution is -2.48. The number of benzene rings is 2. The van der Waals surface area contributed by atoms with Crippen molar-refractivity contribution in [2.45, 2.75) is 19.4 Å². The first kappa shape index (κ1) is 19.2. The predicted octanol–water partition coefficient (Wildman–Crippen LogP) is 2.08.